The van der Waals surface area contributed by atoms with Gasteiger partial charge in [0.05, 0.1) is 19.1 Å². The van der Waals surface area contributed by atoms with E-state index in [0.29, 0.717) is 19.7 Å². The Bertz CT molecular complexity index is 500. The van der Waals surface area contributed by atoms with Crippen molar-refractivity contribution in [3.63, 3.8) is 0 Å². The first-order chi connectivity index (χ1) is 11.0. The SMILES string of the molecule is COCCNCCNC(=O)CC(NC(C)=O)c1ccc(Br)cc1.Cl. The van der Waals surface area contributed by atoms with Gasteiger partial charge in [-0.25, -0.2) is 0 Å². The van der Waals surface area contributed by atoms with E-state index in [1.54, 1.807) is 7.11 Å². The number of hydrogen-bond donors (Lipinski definition) is 3. The van der Waals surface area contributed by atoms with Gasteiger partial charge in [0.15, 0.2) is 0 Å². The average molecular weight is 423 g/mol. The van der Waals surface area contributed by atoms with Gasteiger partial charge >= 0.3 is 0 Å². The summed E-state index contributed by atoms with van der Waals surface area (Å²) in [5, 5.41) is 8.81. The number of rotatable bonds is 10. The van der Waals surface area contributed by atoms with E-state index in [1.165, 1.54) is 6.92 Å². The molecule has 136 valence electrons. The Morgan fingerprint density at radius 3 is 2.42 bits per heavy atom. The predicted molar refractivity (Wildman–Crippen MR) is 100 cm³/mol. The second-order valence-corrected chi connectivity index (χ2v) is 6.02. The minimum Gasteiger partial charge on any atom is -0.383 e. The van der Waals surface area contributed by atoms with Crippen LogP contribution in [0.15, 0.2) is 28.7 Å². The number of halogens is 2. The van der Waals surface area contributed by atoms with Crippen LogP contribution >= 0.6 is 28.3 Å². The molecule has 0 aromatic heterocycles. The third-order valence-electron chi connectivity index (χ3n) is 3.15. The molecule has 1 unspecified atom stereocenters. The highest BCUT2D eigenvalue weighted by molar-refractivity contribution is 9.10. The molecule has 0 aliphatic heterocycles. The molecule has 2 amide bonds. The lowest BCUT2D eigenvalue weighted by Gasteiger charge is -2.18. The van der Waals surface area contributed by atoms with Gasteiger partial charge < -0.3 is 20.7 Å². The van der Waals surface area contributed by atoms with Crippen LogP contribution in [0.25, 0.3) is 0 Å². The molecule has 24 heavy (non-hydrogen) atoms. The standard InChI is InChI=1S/C16H24BrN3O3.ClH/c1-12(21)20-15(13-3-5-14(17)6-4-13)11-16(22)19-8-7-18-9-10-23-2;/h3-6,15,18H,7-11H2,1-2H3,(H,19,22)(H,20,21);1H. The smallest absolute Gasteiger partial charge is 0.222 e. The first-order valence-electron chi connectivity index (χ1n) is 7.52. The van der Waals surface area contributed by atoms with Crippen molar-refractivity contribution < 1.29 is 14.3 Å². The van der Waals surface area contributed by atoms with Crippen molar-refractivity contribution >= 4 is 40.2 Å². The molecule has 0 heterocycles. The summed E-state index contributed by atoms with van der Waals surface area (Å²) < 4.78 is 5.88. The van der Waals surface area contributed by atoms with Crippen molar-refractivity contribution in [2.75, 3.05) is 33.4 Å². The number of hydrogen-bond acceptors (Lipinski definition) is 4. The lowest BCUT2D eigenvalue weighted by Crippen LogP contribution is -2.36. The van der Waals surface area contributed by atoms with Crippen LogP contribution in [-0.2, 0) is 14.3 Å². The lowest BCUT2D eigenvalue weighted by molar-refractivity contribution is -0.122. The molecule has 0 spiro atoms. The van der Waals surface area contributed by atoms with Crippen molar-refractivity contribution in [3.8, 4) is 0 Å². The first kappa shape index (κ1) is 22.9. The number of amides is 2. The predicted octanol–water partition coefficient (Wildman–Crippen LogP) is 1.79. The maximum absolute atomic E-state index is 12.0. The molecule has 0 saturated heterocycles. The lowest BCUT2D eigenvalue weighted by atomic mass is 10.0. The van der Waals surface area contributed by atoms with Gasteiger partial charge in [0.2, 0.25) is 11.8 Å². The summed E-state index contributed by atoms with van der Waals surface area (Å²) in [5.41, 5.74) is 0.900. The normalized spacial score (nSPS) is 11.3. The highest BCUT2D eigenvalue weighted by atomic mass is 79.9. The van der Waals surface area contributed by atoms with E-state index in [1.807, 2.05) is 24.3 Å². The fourth-order valence-corrected chi connectivity index (χ4v) is 2.30. The molecule has 1 aromatic carbocycles. The molecule has 0 saturated carbocycles. The fourth-order valence-electron chi connectivity index (χ4n) is 2.04. The van der Waals surface area contributed by atoms with Crippen LogP contribution in [0.1, 0.15) is 24.9 Å². The molecule has 1 atom stereocenters. The van der Waals surface area contributed by atoms with Crippen LogP contribution in [0.4, 0.5) is 0 Å². The van der Waals surface area contributed by atoms with Crippen LogP contribution < -0.4 is 16.0 Å². The Kier molecular flexibility index (Phi) is 12.5. The number of carbonyl (C=O) groups excluding carboxylic acids is 2. The van der Waals surface area contributed by atoms with E-state index in [2.05, 4.69) is 31.9 Å². The molecular weight excluding hydrogens is 398 g/mol. The summed E-state index contributed by atoms with van der Waals surface area (Å²) in [4.78, 5) is 23.4. The summed E-state index contributed by atoms with van der Waals surface area (Å²) in [6.45, 7) is 4.05. The van der Waals surface area contributed by atoms with Crippen LogP contribution in [0.2, 0.25) is 0 Å². The second-order valence-electron chi connectivity index (χ2n) is 5.10. The van der Waals surface area contributed by atoms with Gasteiger partial charge in [0.1, 0.15) is 0 Å². The number of ether oxygens (including phenoxy) is 1. The number of benzene rings is 1. The summed E-state index contributed by atoms with van der Waals surface area (Å²) >= 11 is 3.37. The zero-order valence-electron chi connectivity index (χ0n) is 13.9. The Morgan fingerprint density at radius 2 is 1.83 bits per heavy atom. The molecule has 6 nitrogen and oxygen atoms in total. The van der Waals surface area contributed by atoms with Crippen LogP contribution in [0.3, 0.4) is 0 Å². The summed E-state index contributed by atoms with van der Waals surface area (Å²) in [7, 11) is 1.65. The van der Waals surface area contributed by atoms with Gasteiger partial charge in [-0.15, -0.1) is 12.4 Å². The Balaban J connectivity index is 0.00000529. The van der Waals surface area contributed by atoms with Gasteiger partial charge in [-0.2, -0.15) is 0 Å². The first-order valence-corrected chi connectivity index (χ1v) is 8.31. The zero-order valence-corrected chi connectivity index (χ0v) is 16.3. The Morgan fingerprint density at radius 1 is 1.17 bits per heavy atom. The molecule has 0 bridgehead atoms. The molecule has 8 heteroatoms. The van der Waals surface area contributed by atoms with E-state index >= 15 is 0 Å². The highest BCUT2D eigenvalue weighted by Gasteiger charge is 2.16. The maximum Gasteiger partial charge on any atom is 0.222 e. The fraction of sp³-hybridized carbons (Fsp3) is 0.500. The van der Waals surface area contributed by atoms with Gasteiger partial charge in [-0.1, -0.05) is 28.1 Å². The summed E-state index contributed by atoms with van der Waals surface area (Å²) in [5.74, 6) is -0.257. The van der Waals surface area contributed by atoms with Crippen LogP contribution in [-0.4, -0.2) is 45.2 Å². The third kappa shape index (κ3) is 9.87. The molecule has 0 aliphatic carbocycles. The van der Waals surface area contributed by atoms with Gasteiger partial charge in [0, 0.05) is 38.1 Å². The van der Waals surface area contributed by atoms with Crippen molar-refractivity contribution in [2.45, 2.75) is 19.4 Å². The average Bonchev–Trinajstić information content (AvgIpc) is 2.50. The van der Waals surface area contributed by atoms with Crippen molar-refractivity contribution in [3.05, 3.63) is 34.3 Å². The topological polar surface area (TPSA) is 79.5 Å². The van der Waals surface area contributed by atoms with Gasteiger partial charge in [0.25, 0.3) is 0 Å². The molecular formula is C16H25BrClN3O3. The monoisotopic (exact) mass is 421 g/mol. The molecule has 0 fully saturated rings. The van der Waals surface area contributed by atoms with E-state index in [-0.39, 0.29) is 36.7 Å². The minimum atomic E-state index is -0.331. The van der Waals surface area contributed by atoms with E-state index in [0.717, 1.165) is 16.6 Å². The quantitative estimate of drug-likeness (QED) is 0.502. The molecule has 1 rings (SSSR count). The van der Waals surface area contributed by atoms with Crippen molar-refractivity contribution in [1.82, 2.24) is 16.0 Å². The van der Waals surface area contributed by atoms with Crippen LogP contribution in [0.5, 0.6) is 0 Å². The van der Waals surface area contributed by atoms with E-state index in [9.17, 15) is 9.59 Å². The summed E-state index contributed by atoms with van der Waals surface area (Å²) in [6.07, 6.45) is 0.208. The molecule has 1 aromatic rings. The summed E-state index contributed by atoms with van der Waals surface area (Å²) in [6, 6.07) is 7.24. The zero-order chi connectivity index (χ0) is 17.1. The minimum absolute atomic E-state index is 0. The van der Waals surface area contributed by atoms with Crippen LogP contribution in [0, 0.1) is 0 Å². The second kappa shape index (κ2) is 13.2. The largest absolute Gasteiger partial charge is 0.383 e. The molecule has 0 radical (unpaired) electrons. The Hall–Kier alpha value is -1.15. The molecule has 3 N–H and O–H groups in total. The number of nitrogens with one attached hydrogen (secondary N) is 3. The Labute approximate surface area is 157 Å². The van der Waals surface area contributed by atoms with Crippen molar-refractivity contribution in [1.29, 1.82) is 0 Å². The third-order valence-corrected chi connectivity index (χ3v) is 3.67. The van der Waals surface area contributed by atoms with E-state index < -0.39 is 0 Å². The highest BCUT2D eigenvalue weighted by Crippen LogP contribution is 2.19. The number of carbonyl (C=O) groups is 2. The maximum atomic E-state index is 12.0. The van der Waals surface area contributed by atoms with Gasteiger partial charge in [-0.05, 0) is 17.7 Å². The van der Waals surface area contributed by atoms with E-state index in [4.69, 9.17) is 4.74 Å². The van der Waals surface area contributed by atoms with Gasteiger partial charge in [-0.3, -0.25) is 9.59 Å². The number of methoxy groups -OCH3 is 1. The van der Waals surface area contributed by atoms with Crippen molar-refractivity contribution in [2.24, 2.45) is 0 Å². The molecule has 0 aliphatic rings.